The van der Waals surface area contributed by atoms with Gasteiger partial charge in [-0.2, -0.15) is 0 Å². The zero-order chi connectivity index (χ0) is 13.9. The Kier molecular flexibility index (Phi) is 3.38. The molecule has 100 valence electrons. The Bertz CT molecular complexity index is 631. The van der Waals surface area contributed by atoms with Gasteiger partial charge in [-0.05, 0) is 11.1 Å². The molecule has 2 heteroatoms. The van der Waals surface area contributed by atoms with Gasteiger partial charge in [0.2, 0.25) is 5.91 Å². The second-order valence-electron chi connectivity index (χ2n) is 5.06. The van der Waals surface area contributed by atoms with E-state index >= 15 is 0 Å². The van der Waals surface area contributed by atoms with Gasteiger partial charge < -0.3 is 4.90 Å². The van der Waals surface area contributed by atoms with Gasteiger partial charge in [0.1, 0.15) is 0 Å². The summed E-state index contributed by atoms with van der Waals surface area (Å²) < 4.78 is 0. The highest BCUT2D eigenvalue weighted by atomic mass is 16.2. The first-order chi connectivity index (χ1) is 9.75. The Morgan fingerprint density at radius 1 is 1.00 bits per heavy atom. The fourth-order valence-corrected chi connectivity index (χ4v) is 2.69. The Balaban J connectivity index is 1.98. The Morgan fingerprint density at radius 2 is 1.60 bits per heavy atom. The Morgan fingerprint density at radius 3 is 2.20 bits per heavy atom. The first kappa shape index (κ1) is 12.7. The summed E-state index contributed by atoms with van der Waals surface area (Å²) >= 11 is 0. The summed E-state index contributed by atoms with van der Waals surface area (Å²) in [4.78, 5) is 13.8. The number of carbonyl (C=O) groups is 1. The van der Waals surface area contributed by atoms with Crippen LogP contribution in [0.25, 0.3) is 5.70 Å². The van der Waals surface area contributed by atoms with E-state index in [1.54, 1.807) is 6.92 Å². The van der Waals surface area contributed by atoms with Gasteiger partial charge in [0, 0.05) is 25.1 Å². The van der Waals surface area contributed by atoms with E-state index in [0.29, 0.717) is 0 Å². The molecule has 0 spiro atoms. The van der Waals surface area contributed by atoms with Crippen LogP contribution in [0.1, 0.15) is 24.0 Å². The van der Waals surface area contributed by atoms with Crippen molar-refractivity contribution < 1.29 is 4.79 Å². The van der Waals surface area contributed by atoms with Crippen molar-refractivity contribution in [2.24, 2.45) is 0 Å². The van der Waals surface area contributed by atoms with Crippen molar-refractivity contribution in [3.63, 3.8) is 0 Å². The maximum atomic E-state index is 11.9. The molecule has 0 aromatic heterocycles. The molecule has 0 saturated heterocycles. The number of carbonyl (C=O) groups excluding carboxylic acids is 1. The van der Waals surface area contributed by atoms with Crippen molar-refractivity contribution >= 4 is 11.6 Å². The lowest BCUT2D eigenvalue weighted by atomic mass is 10.00. The van der Waals surface area contributed by atoms with Crippen LogP contribution >= 0.6 is 0 Å². The summed E-state index contributed by atoms with van der Waals surface area (Å²) in [6, 6.07) is 20.4. The normalized spacial score (nSPS) is 17.9. The summed E-state index contributed by atoms with van der Waals surface area (Å²) in [5, 5.41) is 0. The summed E-state index contributed by atoms with van der Waals surface area (Å²) in [7, 11) is 0. The minimum atomic E-state index is 0.0959. The molecular formula is C18H17NO. The van der Waals surface area contributed by atoms with Crippen LogP contribution in [-0.2, 0) is 4.79 Å². The third-order valence-electron chi connectivity index (χ3n) is 3.71. The van der Waals surface area contributed by atoms with Crippen molar-refractivity contribution in [3.8, 4) is 0 Å². The minimum absolute atomic E-state index is 0.0959. The van der Waals surface area contributed by atoms with Crippen LogP contribution < -0.4 is 0 Å². The van der Waals surface area contributed by atoms with E-state index < -0.39 is 0 Å². The lowest BCUT2D eigenvalue weighted by Gasteiger charge is -2.19. The van der Waals surface area contributed by atoms with Gasteiger partial charge in [0.15, 0.2) is 0 Å². The van der Waals surface area contributed by atoms with Crippen LogP contribution in [0, 0.1) is 0 Å². The zero-order valence-corrected chi connectivity index (χ0v) is 11.5. The minimum Gasteiger partial charge on any atom is -0.311 e. The molecule has 0 saturated carbocycles. The predicted molar refractivity (Wildman–Crippen MR) is 81.0 cm³/mol. The van der Waals surface area contributed by atoms with Gasteiger partial charge in [-0.25, -0.2) is 0 Å². The standard InChI is InChI=1S/C18H17NO/c1-14(20)19-13-17(15-8-4-2-5-9-15)12-18(19)16-10-6-3-7-11-16/h2-12,17H,13H2,1H3/t17-/m1/s1. The molecule has 1 heterocycles. The van der Waals surface area contributed by atoms with E-state index in [2.05, 4.69) is 30.3 Å². The number of amides is 1. The number of nitrogens with zero attached hydrogens (tertiary/aromatic N) is 1. The molecule has 0 aliphatic carbocycles. The molecule has 0 N–H and O–H groups in total. The monoisotopic (exact) mass is 263 g/mol. The van der Waals surface area contributed by atoms with E-state index in [-0.39, 0.29) is 11.8 Å². The van der Waals surface area contributed by atoms with Crippen molar-refractivity contribution in [1.82, 2.24) is 4.90 Å². The predicted octanol–water partition coefficient (Wildman–Crippen LogP) is 3.67. The molecule has 0 bridgehead atoms. The third-order valence-corrected chi connectivity index (χ3v) is 3.71. The number of benzene rings is 2. The van der Waals surface area contributed by atoms with Crippen LogP contribution in [0.3, 0.4) is 0 Å². The molecule has 1 aliphatic rings. The molecule has 2 nitrogen and oxygen atoms in total. The maximum Gasteiger partial charge on any atom is 0.223 e. The van der Waals surface area contributed by atoms with Gasteiger partial charge >= 0.3 is 0 Å². The van der Waals surface area contributed by atoms with Crippen molar-refractivity contribution in [2.75, 3.05) is 6.54 Å². The molecule has 3 rings (SSSR count). The van der Waals surface area contributed by atoms with Crippen LogP contribution in [0.15, 0.2) is 66.7 Å². The molecule has 2 aromatic carbocycles. The van der Waals surface area contributed by atoms with Gasteiger partial charge in [0.05, 0.1) is 0 Å². The van der Waals surface area contributed by atoms with Gasteiger partial charge in [-0.15, -0.1) is 0 Å². The molecule has 2 aromatic rings. The van der Waals surface area contributed by atoms with Crippen LogP contribution in [-0.4, -0.2) is 17.4 Å². The fraction of sp³-hybridized carbons (Fsp3) is 0.167. The summed E-state index contributed by atoms with van der Waals surface area (Å²) in [5.74, 6) is 0.369. The summed E-state index contributed by atoms with van der Waals surface area (Å²) in [6.45, 7) is 2.35. The molecule has 0 fully saturated rings. The quantitative estimate of drug-likeness (QED) is 0.809. The zero-order valence-electron chi connectivity index (χ0n) is 11.5. The summed E-state index contributed by atoms with van der Waals surface area (Å²) in [6.07, 6.45) is 2.20. The molecule has 1 atom stereocenters. The molecular weight excluding hydrogens is 246 g/mol. The largest absolute Gasteiger partial charge is 0.311 e. The second kappa shape index (κ2) is 5.33. The average Bonchev–Trinajstić information content (AvgIpc) is 2.94. The van der Waals surface area contributed by atoms with Gasteiger partial charge in [0.25, 0.3) is 0 Å². The van der Waals surface area contributed by atoms with E-state index in [9.17, 15) is 4.79 Å². The van der Waals surface area contributed by atoms with E-state index in [0.717, 1.165) is 17.8 Å². The van der Waals surface area contributed by atoms with Crippen molar-refractivity contribution in [2.45, 2.75) is 12.8 Å². The molecule has 0 unspecified atom stereocenters. The Hall–Kier alpha value is -2.35. The third kappa shape index (κ3) is 2.37. The van der Waals surface area contributed by atoms with E-state index in [4.69, 9.17) is 0 Å². The SMILES string of the molecule is CC(=O)N1C[C@H](c2ccccc2)C=C1c1ccccc1. The molecule has 0 radical (unpaired) electrons. The fourth-order valence-electron chi connectivity index (χ4n) is 2.69. The average molecular weight is 263 g/mol. The highest BCUT2D eigenvalue weighted by Crippen LogP contribution is 2.34. The molecule has 1 aliphatic heterocycles. The lowest BCUT2D eigenvalue weighted by Crippen LogP contribution is -2.25. The van der Waals surface area contributed by atoms with Crippen LogP contribution in [0.5, 0.6) is 0 Å². The molecule has 1 amide bonds. The van der Waals surface area contributed by atoms with E-state index in [1.165, 1.54) is 5.56 Å². The number of hydrogen-bond acceptors (Lipinski definition) is 1. The van der Waals surface area contributed by atoms with Crippen LogP contribution in [0.4, 0.5) is 0 Å². The Labute approximate surface area is 119 Å². The number of hydrogen-bond donors (Lipinski definition) is 0. The topological polar surface area (TPSA) is 20.3 Å². The highest BCUT2D eigenvalue weighted by molar-refractivity contribution is 5.87. The maximum absolute atomic E-state index is 11.9. The van der Waals surface area contributed by atoms with Crippen molar-refractivity contribution in [3.05, 3.63) is 77.9 Å². The smallest absolute Gasteiger partial charge is 0.223 e. The lowest BCUT2D eigenvalue weighted by molar-refractivity contribution is -0.125. The van der Waals surface area contributed by atoms with Crippen LogP contribution in [0.2, 0.25) is 0 Å². The van der Waals surface area contributed by atoms with Crippen molar-refractivity contribution in [1.29, 1.82) is 0 Å². The first-order valence-corrected chi connectivity index (χ1v) is 6.86. The number of rotatable bonds is 2. The van der Waals surface area contributed by atoms with Gasteiger partial charge in [-0.1, -0.05) is 66.7 Å². The van der Waals surface area contributed by atoms with Gasteiger partial charge in [-0.3, -0.25) is 4.79 Å². The summed E-state index contributed by atoms with van der Waals surface area (Å²) in [5.41, 5.74) is 3.37. The second-order valence-corrected chi connectivity index (χ2v) is 5.06. The van der Waals surface area contributed by atoms with E-state index in [1.807, 2.05) is 41.3 Å². The highest BCUT2D eigenvalue weighted by Gasteiger charge is 2.27. The first-order valence-electron chi connectivity index (χ1n) is 6.86. The molecule has 20 heavy (non-hydrogen) atoms.